The normalized spacial score (nSPS) is 10.1. The number of benzene rings is 1. The third-order valence-electron chi connectivity index (χ3n) is 2.46. The Morgan fingerprint density at radius 2 is 1.95 bits per heavy atom. The van der Waals surface area contributed by atoms with Gasteiger partial charge < -0.3 is 15.2 Å². The summed E-state index contributed by atoms with van der Waals surface area (Å²) in [7, 11) is 0. The molecule has 0 aromatic heterocycles. The zero-order valence-electron chi connectivity index (χ0n) is 12.1. The number of amides is 3. The standard InChI is InChI=1S/C14H18N2O5/c1-8(2)15-14(20)16-11(17)7-21-12-9(3)5-4-6-10(12)13(18)19/h4-6,8H,7H2,1-3H3,(H,18,19)(H2,15,16,17,20). The molecule has 3 amide bonds. The van der Waals surface area contributed by atoms with Crippen molar-refractivity contribution >= 4 is 17.9 Å². The van der Waals surface area contributed by atoms with E-state index in [1.54, 1.807) is 32.9 Å². The van der Waals surface area contributed by atoms with Crippen LogP contribution in [0.25, 0.3) is 0 Å². The van der Waals surface area contributed by atoms with E-state index >= 15 is 0 Å². The molecule has 1 rings (SSSR count). The summed E-state index contributed by atoms with van der Waals surface area (Å²) in [6, 6.07) is 3.91. The molecule has 0 aliphatic heterocycles. The number of nitrogens with one attached hydrogen (secondary N) is 2. The van der Waals surface area contributed by atoms with E-state index in [1.165, 1.54) is 6.07 Å². The Kier molecular flexibility index (Phi) is 5.71. The van der Waals surface area contributed by atoms with Gasteiger partial charge in [0.05, 0.1) is 0 Å². The van der Waals surface area contributed by atoms with E-state index in [-0.39, 0.29) is 17.4 Å². The van der Waals surface area contributed by atoms with Gasteiger partial charge in [0.25, 0.3) is 5.91 Å². The van der Waals surface area contributed by atoms with Crippen LogP contribution in [0.3, 0.4) is 0 Å². The van der Waals surface area contributed by atoms with E-state index in [2.05, 4.69) is 10.6 Å². The average Bonchev–Trinajstić information content (AvgIpc) is 2.35. The van der Waals surface area contributed by atoms with Gasteiger partial charge in [-0.15, -0.1) is 0 Å². The third kappa shape index (κ3) is 5.13. The van der Waals surface area contributed by atoms with Gasteiger partial charge in [-0.1, -0.05) is 12.1 Å². The molecule has 0 saturated carbocycles. The number of aromatic carboxylic acids is 1. The molecule has 1 aromatic rings. The predicted octanol–water partition coefficient (Wildman–Crippen LogP) is 1.31. The summed E-state index contributed by atoms with van der Waals surface area (Å²) >= 11 is 0. The van der Waals surface area contributed by atoms with Crippen molar-refractivity contribution in [2.75, 3.05) is 6.61 Å². The summed E-state index contributed by atoms with van der Waals surface area (Å²) in [5.74, 6) is -1.69. The highest BCUT2D eigenvalue weighted by atomic mass is 16.5. The molecule has 3 N–H and O–H groups in total. The van der Waals surface area contributed by atoms with Crippen LogP contribution >= 0.6 is 0 Å². The first kappa shape index (κ1) is 16.5. The van der Waals surface area contributed by atoms with Crippen LogP contribution in [0.1, 0.15) is 29.8 Å². The molecule has 0 fully saturated rings. The van der Waals surface area contributed by atoms with Crippen LogP contribution in [0, 0.1) is 6.92 Å². The van der Waals surface area contributed by atoms with E-state index in [0.717, 1.165) is 0 Å². The minimum Gasteiger partial charge on any atom is -0.483 e. The topological polar surface area (TPSA) is 105 Å². The van der Waals surface area contributed by atoms with Crippen molar-refractivity contribution in [2.24, 2.45) is 0 Å². The lowest BCUT2D eigenvalue weighted by atomic mass is 10.1. The van der Waals surface area contributed by atoms with Gasteiger partial charge in [-0.25, -0.2) is 9.59 Å². The molecule has 0 bridgehead atoms. The largest absolute Gasteiger partial charge is 0.483 e. The van der Waals surface area contributed by atoms with Gasteiger partial charge in [0.2, 0.25) is 0 Å². The summed E-state index contributed by atoms with van der Waals surface area (Å²) in [4.78, 5) is 34.0. The maximum absolute atomic E-state index is 11.6. The molecule has 0 unspecified atom stereocenters. The second-order valence-corrected chi connectivity index (χ2v) is 4.72. The quantitative estimate of drug-likeness (QED) is 0.759. The third-order valence-corrected chi connectivity index (χ3v) is 2.46. The molecule has 114 valence electrons. The van der Waals surface area contributed by atoms with Crippen LogP contribution in [-0.4, -0.2) is 35.7 Å². The first-order valence-corrected chi connectivity index (χ1v) is 6.37. The highest BCUT2D eigenvalue weighted by Crippen LogP contribution is 2.23. The van der Waals surface area contributed by atoms with E-state index in [1.807, 2.05) is 0 Å². The number of para-hydroxylation sites is 1. The number of carbonyl (C=O) groups is 3. The average molecular weight is 294 g/mol. The Hall–Kier alpha value is -2.57. The number of imide groups is 1. The first-order valence-electron chi connectivity index (χ1n) is 6.37. The first-order chi connectivity index (χ1) is 9.81. The fourth-order valence-electron chi connectivity index (χ4n) is 1.61. The van der Waals surface area contributed by atoms with Crippen molar-refractivity contribution in [1.29, 1.82) is 0 Å². The molecule has 0 aliphatic carbocycles. The Morgan fingerprint density at radius 3 is 2.52 bits per heavy atom. The second-order valence-electron chi connectivity index (χ2n) is 4.72. The minimum atomic E-state index is -1.15. The Balaban J connectivity index is 2.65. The number of urea groups is 1. The van der Waals surface area contributed by atoms with E-state index in [9.17, 15) is 14.4 Å². The van der Waals surface area contributed by atoms with E-state index < -0.39 is 24.5 Å². The molecule has 21 heavy (non-hydrogen) atoms. The molecule has 7 nitrogen and oxygen atoms in total. The molecule has 0 saturated heterocycles. The molecule has 1 aromatic carbocycles. The van der Waals surface area contributed by atoms with Crippen molar-refractivity contribution in [1.82, 2.24) is 10.6 Å². The lowest BCUT2D eigenvalue weighted by Gasteiger charge is -2.12. The molecule has 0 aliphatic rings. The maximum atomic E-state index is 11.6. The van der Waals surface area contributed by atoms with Gasteiger partial charge >= 0.3 is 12.0 Å². The number of carbonyl (C=O) groups excluding carboxylic acids is 2. The van der Waals surface area contributed by atoms with Gasteiger partial charge in [0.15, 0.2) is 6.61 Å². The summed E-state index contributed by atoms with van der Waals surface area (Å²) in [5, 5.41) is 13.6. The molecular weight excluding hydrogens is 276 g/mol. The van der Waals surface area contributed by atoms with Crippen molar-refractivity contribution in [3.8, 4) is 5.75 Å². The number of rotatable bonds is 5. The zero-order valence-corrected chi connectivity index (χ0v) is 12.1. The number of carboxylic acid groups (broad SMARTS) is 1. The number of carboxylic acids is 1. The molecule has 0 spiro atoms. The Bertz CT molecular complexity index is 554. The van der Waals surface area contributed by atoms with Crippen LogP contribution in [0.5, 0.6) is 5.75 Å². The molecular formula is C14H18N2O5. The zero-order chi connectivity index (χ0) is 16.0. The second kappa shape index (κ2) is 7.28. The van der Waals surface area contributed by atoms with Crippen LogP contribution in [0.15, 0.2) is 18.2 Å². The van der Waals surface area contributed by atoms with Crippen LogP contribution in [0.4, 0.5) is 4.79 Å². The fourth-order valence-corrected chi connectivity index (χ4v) is 1.61. The van der Waals surface area contributed by atoms with Crippen molar-refractivity contribution in [3.63, 3.8) is 0 Å². The summed E-state index contributed by atoms with van der Waals surface area (Å²) in [5.41, 5.74) is 0.559. The Labute approximate surface area is 122 Å². The highest BCUT2D eigenvalue weighted by molar-refractivity contribution is 5.95. The highest BCUT2D eigenvalue weighted by Gasteiger charge is 2.15. The number of hydrogen-bond donors (Lipinski definition) is 3. The minimum absolute atomic E-state index is 0.0329. The molecule has 0 heterocycles. The molecule has 0 radical (unpaired) electrons. The lowest BCUT2D eigenvalue weighted by Crippen LogP contribution is -2.44. The summed E-state index contributed by atoms with van der Waals surface area (Å²) < 4.78 is 5.22. The number of aryl methyl sites for hydroxylation is 1. The molecule has 0 atom stereocenters. The SMILES string of the molecule is Cc1cccc(C(=O)O)c1OCC(=O)NC(=O)NC(C)C. The maximum Gasteiger partial charge on any atom is 0.339 e. The Morgan fingerprint density at radius 1 is 1.29 bits per heavy atom. The van der Waals surface area contributed by atoms with Crippen LogP contribution in [-0.2, 0) is 4.79 Å². The summed E-state index contributed by atoms with van der Waals surface area (Å²) in [6.45, 7) is 4.74. The van der Waals surface area contributed by atoms with Crippen molar-refractivity contribution in [3.05, 3.63) is 29.3 Å². The van der Waals surface area contributed by atoms with Crippen LogP contribution < -0.4 is 15.4 Å². The smallest absolute Gasteiger partial charge is 0.339 e. The van der Waals surface area contributed by atoms with Gasteiger partial charge in [-0.05, 0) is 32.4 Å². The van der Waals surface area contributed by atoms with Gasteiger partial charge in [0.1, 0.15) is 11.3 Å². The van der Waals surface area contributed by atoms with Gasteiger partial charge in [-0.3, -0.25) is 10.1 Å². The van der Waals surface area contributed by atoms with Crippen molar-refractivity contribution in [2.45, 2.75) is 26.8 Å². The van der Waals surface area contributed by atoms with Crippen molar-refractivity contribution < 1.29 is 24.2 Å². The van der Waals surface area contributed by atoms with Gasteiger partial charge in [0, 0.05) is 6.04 Å². The summed E-state index contributed by atoms with van der Waals surface area (Å²) in [6.07, 6.45) is 0. The number of hydrogen-bond acceptors (Lipinski definition) is 4. The predicted molar refractivity (Wildman–Crippen MR) is 75.4 cm³/mol. The monoisotopic (exact) mass is 294 g/mol. The fraction of sp³-hybridized carbons (Fsp3) is 0.357. The number of ether oxygens (including phenoxy) is 1. The van der Waals surface area contributed by atoms with Gasteiger partial charge in [-0.2, -0.15) is 0 Å². The lowest BCUT2D eigenvalue weighted by molar-refractivity contribution is -0.122. The van der Waals surface area contributed by atoms with E-state index in [4.69, 9.17) is 9.84 Å². The molecule has 7 heteroatoms. The van der Waals surface area contributed by atoms with E-state index in [0.29, 0.717) is 5.56 Å². The van der Waals surface area contributed by atoms with Crippen LogP contribution in [0.2, 0.25) is 0 Å².